The highest BCUT2D eigenvalue weighted by molar-refractivity contribution is 6.59. The molecule has 0 aliphatic carbocycles. The first-order valence-electron chi connectivity index (χ1n) is 9.74. The molecule has 0 saturated carbocycles. The van der Waals surface area contributed by atoms with Gasteiger partial charge in [0.15, 0.2) is 0 Å². The number of carbonyl (C=O) groups excluding carboxylic acids is 1. The Morgan fingerprint density at radius 1 is 1.24 bits per heavy atom. The van der Waals surface area contributed by atoms with Crippen LogP contribution in [0.25, 0.3) is 0 Å². The number of aromatic nitrogens is 1. The van der Waals surface area contributed by atoms with Gasteiger partial charge in [0.1, 0.15) is 14.4 Å². The lowest BCUT2D eigenvalue weighted by molar-refractivity contribution is -0.0102. The van der Waals surface area contributed by atoms with Crippen LogP contribution in [0.15, 0.2) is 30.3 Å². The molecule has 1 aromatic carbocycles. The molecule has 1 aromatic heterocycles. The van der Waals surface area contributed by atoms with Gasteiger partial charge < -0.3 is 15.3 Å². The zero-order valence-corrected chi connectivity index (χ0v) is 18.0. The molecule has 0 spiro atoms. The van der Waals surface area contributed by atoms with E-state index in [2.05, 4.69) is 10.3 Å². The summed E-state index contributed by atoms with van der Waals surface area (Å²) in [5.74, 6) is -2.54. The molecule has 0 atom stereocenters. The number of aryl methyl sites for hydroxylation is 2. The number of amides is 1. The summed E-state index contributed by atoms with van der Waals surface area (Å²) in [4.78, 5) is 19.5. The van der Waals surface area contributed by atoms with Crippen molar-refractivity contribution in [2.75, 3.05) is 23.3 Å². The van der Waals surface area contributed by atoms with Crippen molar-refractivity contribution in [3.05, 3.63) is 47.2 Å². The Balaban J connectivity index is 1.92. The molecular formula is C21H26F2N4OSi. The van der Waals surface area contributed by atoms with E-state index in [1.54, 1.807) is 17.0 Å². The zero-order chi connectivity index (χ0) is 21.2. The average Bonchev–Trinajstić information content (AvgIpc) is 2.84. The molecule has 29 heavy (non-hydrogen) atoms. The molecule has 2 N–H and O–H groups in total. The van der Waals surface area contributed by atoms with Gasteiger partial charge in [0.25, 0.3) is 5.91 Å². The fourth-order valence-corrected chi connectivity index (χ4v) is 4.12. The highest BCUT2D eigenvalue weighted by Gasteiger charge is 2.33. The Morgan fingerprint density at radius 2 is 2.00 bits per heavy atom. The molecule has 3 rings (SSSR count). The summed E-state index contributed by atoms with van der Waals surface area (Å²) in [6.45, 7) is 6.22. The number of nitrogens with zero attached hydrogens (tertiary/aromatic N) is 2. The number of hydrogen-bond acceptors (Lipinski definition) is 4. The summed E-state index contributed by atoms with van der Waals surface area (Å²) < 4.78 is 27.6. The van der Waals surface area contributed by atoms with Crippen molar-refractivity contribution in [3.8, 4) is 0 Å². The van der Waals surface area contributed by atoms with Crippen LogP contribution in [0, 0.1) is 18.9 Å². The number of rotatable bonds is 4. The smallest absolute Gasteiger partial charge is 0.259 e. The SMILES string of the molecule is Cc1cc(C(=O)Nc2cccc([Si](C)=N)c2)c(N2CCCC(F)(F)CC2)nc1C. The Kier molecular flexibility index (Phi) is 6.21. The number of nitrogens with one attached hydrogen (secondary N) is 2. The van der Waals surface area contributed by atoms with Crippen LogP contribution in [0.3, 0.4) is 0 Å². The van der Waals surface area contributed by atoms with Gasteiger partial charge in [-0.05, 0) is 55.8 Å². The highest BCUT2D eigenvalue weighted by Crippen LogP contribution is 2.31. The summed E-state index contributed by atoms with van der Waals surface area (Å²) in [6.07, 6.45) is -0.0260. The van der Waals surface area contributed by atoms with Crippen LogP contribution in [0.5, 0.6) is 0 Å². The lowest BCUT2D eigenvalue weighted by atomic mass is 10.1. The van der Waals surface area contributed by atoms with Gasteiger partial charge >= 0.3 is 0 Å². The quantitative estimate of drug-likeness (QED) is 0.732. The van der Waals surface area contributed by atoms with Crippen LogP contribution in [0.1, 0.15) is 40.9 Å². The molecule has 0 unspecified atom stereocenters. The van der Waals surface area contributed by atoms with E-state index >= 15 is 0 Å². The van der Waals surface area contributed by atoms with Crippen molar-refractivity contribution < 1.29 is 13.6 Å². The standard InChI is InChI=1S/C21H26F2N4OSi/c1-14-12-18(20(28)26-16-6-4-7-17(13-16)29(3)24)19(25-15(14)2)27-10-5-8-21(22,23)9-11-27/h4,6-7,12-13,24H,5,8-11H2,1-3H3,(H,26,28). The Bertz CT molecular complexity index is 948. The molecule has 1 amide bonds. The lowest BCUT2D eigenvalue weighted by Gasteiger charge is -2.25. The molecule has 0 bridgehead atoms. The van der Waals surface area contributed by atoms with E-state index in [0.29, 0.717) is 30.0 Å². The van der Waals surface area contributed by atoms with Crippen LogP contribution < -0.4 is 15.4 Å². The molecule has 2 heterocycles. The number of hydrogen-bond donors (Lipinski definition) is 2. The number of carbonyl (C=O) groups is 1. The second-order valence-corrected chi connectivity index (χ2v) is 9.45. The van der Waals surface area contributed by atoms with Gasteiger partial charge in [-0.2, -0.15) is 0 Å². The van der Waals surface area contributed by atoms with Gasteiger partial charge in [0.2, 0.25) is 5.92 Å². The van der Waals surface area contributed by atoms with Gasteiger partial charge in [-0.15, -0.1) is 0 Å². The second kappa shape index (κ2) is 8.48. The van der Waals surface area contributed by atoms with Crippen molar-refractivity contribution >= 4 is 31.2 Å². The predicted octanol–water partition coefficient (Wildman–Crippen LogP) is 4.25. The summed E-state index contributed by atoms with van der Waals surface area (Å²) in [5, 5.41) is 11.7. The summed E-state index contributed by atoms with van der Waals surface area (Å²) in [7, 11) is -1.38. The molecule has 1 aliphatic rings. The van der Waals surface area contributed by atoms with Crippen molar-refractivity contribution in [1.82, 2.24) is 4.98 Å². The molecule has 1 saturated heterocycles. The maximum atomic E-state index is 13.8. The number of benzene rings is 1. The number of pyridine rings is 1. The summed E-state index contributed by atoms with van der Waals surface area (Å²) >= 11 is 0. The summed E-state index contributed by atoms with van der Waals surface area (Å²) in [6, 6.07) is 9.09. The maximum Gasteiger partial charge on any atom is 0.259 e. The van der Waals surface area contributed by atoms with E-state index in [1.165, 1.54) is 0 Å². The van der Waals surface area contributed by atoms with Crippen LogP contribution in [0.4, 0.5) is 20.3 Å². The molecular weight excluding hydrogens is 390 g/mol. The fourth-order valence-electron chi connectivity index (χ4n) is 3.41. The van der Waals surface area contributed by atoms with Crippen LogP contribution in [-0.4, -0.2) is 38.5 Å². The van der Waals surface area contributed by atoms with Gasteiger partial charge in [0, 0.05) is 37.3 Å². The highest BCUT2D eigenvalue weighted by atomic mass is 28.2. The average molecular weight is 417 g/mol. The first-order chi connectivity index (χ1) is 13.7. The van der Waals surface area contributed by atoms with Crippen LogP contribution in [-0.2, 0) is 0 Å². The van der Waals surface area contributed by atoms with Crippen molar-refractivity contribution in [2.45, 2.75) is 45.6 Å². The molecule has 0 radical (unpaired) electrons. The van der Waals surface area contributed by atoms with E-state index in [9.17, 15) is 13.6 Å². The minimum Gasteiger partial charge on any atom is -0.356 e. The van der Waals surface area contributed by atoms with Gasteiger partial charge in [-0.1, -0.05) is 12.1 Å². The monoisotopic (exact) mass is 416 g/mol. The Labute approximate surface area is 171 Å². The topological polar surface area (TPSA) is 69.1 Å². The molecule has 2 aromatic rings. The second-order valence-electron chi connectivity index (χ2n) is 7.62. The summed E-state index contributed by atoms with van der Waals surface area (Å²) in [5.41, 5.74) is 2.66. The molecule has 5 nitrogen and oxygen atoms in total. The molecule has 8 heteroatoms. The predicted molar refractivity (Wildman–Crippen MR) is 113 cm³/mol. The third-order valence-electron chi connectivity index (χ3n) is 5.26. The molecule has 154 valence electrons. The van der Waals surface area contributed by atoms with Crippen molar-refractivity contribution in [2.24, 2.45) is 0 Å². The van der Waals surface area contributed by atoms with Crippen molar-refractivity contribution in [3.63, 3.8) is 0 Å². The fraction of sp³-hybridized carbons (Fsp3) is 0.429. The third-order valence-corrected chi connectivity index (χ3v) is 6.44. The Morgan fingerprint density at radius 3 is 2.72 bits per heavy atom. The van der Waals surface area contributed by atoms with Crippen LogP contribution >= 0.6 is 0 Å². The minimum atomic E-state index is -2.67. The normalized spacial score (nSPS) is 16.2. The lowest BCUT2D eigenvalue weighted by Crippen LogP contribution is -2.30. The first-order valence-corrected chi connectivity index (χ1v) is 11.7. The number of anilines is 2. The Hall–Kier alpha value is -2.48. The minimum absolute atomic E-state index is 0.142. The number of halogens is 2. The van der Waals surface area contributed by atoms with Gasteiger partial charge in [-0.25, -0.2) is 13.8 Å². The van der Waals surface area contributed by atoms with E-state index in [1.807, 2.05) is 38.6 Å². The van der Waals surface area contributed by atoms with E-state index in [-0.39, 0.29) is 25.3 Å². The van der Waals surface area contributed by atoms with Gasteiger partial charge in [-0.3, -0.25) is 4.79 Å². The van der Waals surface area contributed by atoms with Crippen LogP contribution in [0.2, 0.25) is 6.55 Å². The van der Waals surface area contributed by atoms with E-state index < -0.39 is 14.5 Å². The largest absolute Gasteiger partial charge is 0.356 e. The van der Waals surface area contributed by atoms with E-state index in [4.69, 9.17) is 5.05 Å². The molecule has 1 fully saturated rings. The zero-order valence-electron chi connectivity index (χ0n) is 17.0. The molecule has 1 aliphatic heterocycles. The number of alkyl halides is 2. The maximum absolute atomic E-state index is 13.8. The third kappa shape index (κ3) is 5.12. The van der Waals surface area contributed by atoms with Crippen molar-refractivity contribution in [1.29, 1.82) is 5.05 Å². The van der Waals surface area contributed by atoms with E-state index in [0.717, 1.165) is 16.4 Å². The first kappa shape index (κ1) is 21.2. The van der Waals surface area contributed by atoms with Gasteiger partial charge in [0.05, 0.1) is 5.56 Å².